The molecule has 0 radical (unpaired) electrons. The van der Waals surface area contributed by atoms with Gasteiger partial charge in [0.05, 0.1) is 17.7 Å². The summed E-state index contributed by atoms with van der Waals surface area (Å²) in [5, 5.41) is 37.3. The van der Waals surface area contributed by atoms with Crippen LogP contribution in [0.1, 0.15) is 75.3 Å². The second kappa shape index (κ2) is 7.96. The van der Waals surface area contributed by atoms with E-state index >= 15 is 0 Å². The van der Waals surface area contributed by atoms with E-state index in [0.29, 0.717) is 12.8 Å². The zero-order valence-corrected chi connectivity index (χ0v) is 19.5. The first kappa shape index (κ1) is 21.9. The van der Waals surface area contributed by atoms with E-state index in [-0.39, 0.29) is 23.6 Å². The second-order valence-electron chi connectivity index (χ2n) is 11.7. The molecule has 1 aromatic carbocycles. The van der Waals surface area contributed by atoms with E-state index in [1.54, 1.807) is 6.07 Å². The second-order valence-corrected chi connectivity index (χ2v) is 11.7. The van der Waals surface area contributed by atoms with E-state index in [0.717, 1.165) is 63.1 Å². The van der Waals surface area contributed by atoms with Gasteiger partial charge in [-0.1, -0.05) is 25.3 Å². The van der Waals surface area contributed by atoms with Crippen LogP contribution in [0.5, 0.6) is 5.75 Å². The Bertz CT molecular complexity index is 927. The topological polar surface area (TPSA) is 93.0 Å². The molecule has 6 heteroatoms. The number of rotatable bonds is 4. The Balaban J connectivity index is 1.33. The number of nitrogens with zero attached hydrogens (tertiary/aromatic N) is 1. The Morgan fingerprint density at radius 2 is 1.91 bits per heavy atom. The zero-order chi connectivity index (χ0) is 22.8. The summed E-state index contributed by atoms with van der Waals surface area (Å²) in [6.45, 7) is 1.93. The highest BCUT2D eigenvalue weighted by molar-refractivity contribution is 5.79. The van der Waals surface area contributed by atoms with Crippen molar-refractivity contribution in [1.29, 1.82) is 0 Å². The van der Waals surface area contributed by atoms with Crippen LogP contribution >= 0.6 is 0 Å². The highest BCUT2D eigenvalue weighted by atomic mass is 16.3. The SMILES string of the molecule is O=C(NC1CC2(O)C3Cc4ccc(O)cc4C2(CCN3CC2CC2)CC1O)C1CCCCC1. The smallest absolute Gasteiger partial charge is 0.223 e. The first-order valence-corrected chi connectivity index (χ1v) is 13.2. The molecule has 1 heterocycles. The molecule has 1 aromatic rings. The molecule has 5 aliphatic rings. The number of hydrogen-bond acceptors (Lipinski definition) is 5. The minimum atomic E-state index is -1.04. The molecule has 4 aliphatic carbocycles. The summed E-state index contributed by atoms with van der Waals surface area (Å²) in [5.41, 5.74) is 0.559. The third-order valence-corrected chi connectivity index (χ3v) is 9.72. The van der Waals surface area contributed by atoms with Gasteiger partial charge in [0.2, 0.25) is 5.91 Å². The number of nitrogens with one attached hydrogen (secondary N) is 1. The van der Waals surface area contributed by atoms with Crippen molar-refractivity contribution in [3.63, 3.8) is 0 Å². The van der Waals surface area contributed by atoms with Crippen molar-refractivity contribution in [2.75, 3.05) is 13.1 Å². The summed E-state index contributed by atoms with van der Waals surface area (Å²) in [6, 6.07) is 5.11. The lowest BCUT2D eigenvalue weighted by Crippen LogP contribution is -2.76. The maximum atomic E-state index is 13.0. The zero-order valence-electron chi connectivity index (χ0n) is 19.5. The van der Waals surface area contributed by atoms with Crippen LogP contribution in [0, 0.1) is 11.8 Å². The average molecular weight is 455 g/mol. The van der Waals surface area contributed by atoms with Gasteiger partial charge in [0, 0.05) is 30.3 Å². The molecule has 33 heavy (non-hydrogen) atoms. The summed E-state index contributed by atoms with van der Waals surface area (Å²) in [6.07, 6.45) is 9.38. The number of phenolic OH excluding ortho intramolecular Hbond substituents is 1. The summed E-state index contributed by atoms with van der Waals surface area (Å²) < 4.78 is 0. The number of likely N-dealkylation sites (tertiary alicyclic amines) is 1. The third-order valence-electron chi connectivity index (χ3n) is 9.72. The molecule has 5 unspecified atom stereocenters. The van der Waals surface area contributed by atoms with Crippen LogP contribution < -0.4 is 5.32 Å². The van der Waals surface area contributed by atoms with Crippen LogP contribution in [0.15, 0.2) is 18.2 Å². The molecule has 4 N–H and O–H groups in total. The van der Waals surface area contributed by atoms with Crippen LogP contribution in [0.4, 0.5) is 0 Å². The average Bonchev–Trinajstić information content (AvgIpc) is 3.62. The van der Waals surface area contributed by atoms with Gasteiger partial charge < -0.3 is 20.6 Å². The largest absolute Gasteiger partial charge is 0.508 e. The fourth-order valence-corrected chi connectivity index (χ4v) is 7.74. The van der Waals surface area contributed by atoms with Gasteiger partial charge in [0.1, 0.15) is 5.75 Å². The number of fused-ring (bicyclic) bond motifs is 1. The number of amides is 1. The lowest BCUT2D eigenvalue weighted by Gasteiger charge is -2.65. The number of piperidine rings is 1. The van der Waals surface area contributed by atoms with Crippen molar-refractivity contribution >= 4 is 5.91 Å². The minimum absolute atomic E-state index is 0.0227. The maximum absolute atomic E-state index is 13.0. The summed E-state index contributed by atoms with van der Waals surface area (Å²) in [4.78, 5) is 15.5. The molecule has 1 amide bonds. The van der Waals surface area contributed by atoms with Crippen LogP contribution in [0.2, 0.25) is 0 Å². The third kappa shape index (κ3) is 3.52. The van der Waals surface area contributed by atoms with Crippen molar-refractivity contribution in [2.24, 2.45) is 11.8 Å². The summed E-state index contributed by atoms with van der Waals surface area (Å²) >= 11 is 0. The number of benzene rings is 1. The molecule has 0 spiro atoms. The van der Waals surface area contributed by atoms with Gasteiger partial charge in [-0.05, 0) is 80.7 Å². The van der Waals surface area contributed by atoms with E-state index in [4.69, 9.17) is 0 Å². The Morgan fingerprint density at radius 3 is 2.67 bits per heavy atom. The van der Waals surface area contributed by atoms with E-state index in [2.05, 4.69) is 10.2 Å². The van der Waals surface area contributed by atoms with Crippen LogP contribution in [-0.4, -0.2) is 63.0 Å². The monoisotopic (exact) mass is 454 g/mol. The first-order valence-electron chi connectivity index (χ1n) is 13.2. The number of aliphatic hydroxyl groups is 2. The lowest BCUT2D eigenvalue weighted by atomic mass is 9.48. The van der Waals surface area contributed by atoms with E-state index in [9.17, 15) is 20.1 Å². The van der Waals surface area contributed by atoms with Crippen molar-refractivity contribution in [3.8, 4) is 5.75 Å². The van der Waals surface area contributed by atoms with E-state index in [1.165, 1.54) is 24.8 Å². The molecule has 180 valence electrons. The Morgan fingerprint density at radius 1 is 1.12 bits per heavy atom. The molecule has 5 atom stereocenters. The first-order chi connectivity index (χ1) is 15.9. The summed E-state index contributed by atoms with van der Waals surface area (Å²) in [7, 11) is 0. The van der Waals surface area contributed by atoms with Crippen LogP contribution in [-0.2, 0) is 16.6 Å². The molecule has 6 rings (SSSR count). The van der Waals surface area contributed by atoms with Crippen molar-refractivity contribution in [1.82, 2.24) is 10.2 Å². The van der Waals surface area contributed by atoms with Gasteiger partial charge in [-0.3, -0.25) is 9.69 Å². The number of carbonyl (C=O) groups is 1. The molecule has 6 nitrogen and oxygen atoms in total. The molecule has 2 bridgehead atoms. The fraction of sp³-hybridized carbons (Fsp3) is 0.741. The van der Waals surface area contributed by atoms with E-state index in [1.807, 2.05) is 12.1 Å². The molecular formula is C27H38N2O4. The summed E-state index contributed by atoms with van der Waals surface area (Å²) in [5.74, 6) is 1.03. The maximum Gasteiger partial charge on any atom is 0.223 e. The quantitative estimate of drug-likeness (QED) is 0.561. The van der Waals surface area contributed by atoms with Gasteiger partial charge in [-0.15, -0.1) is 0 Å². The standard InChI is InChI=1S/C27H38N2O4/c30-20-9-8-19-12-24-27(33)14-22(28-25(32)18-4-2-1-3-5-18)23(31)15-26(27,21(19)13-20)10-11-29(24)16-17-6-7-17/h8-9,13,17-18,22-24,30-31,33H,1-7,10-12,14-16H2,(H,28,32). The fourth-order valence-electron chi connectivity index (χ4n) is 7.74. The number of carbonyl (C=O) groups excluding carboxylic acids is 1. The molecule has 3 saturated carbocycles. The van der Waals surface area contributed by atoms with Gasteiger partial charge in [-0.2, -0.15) is 0 Å². The molecule has 1 aliphatic heterocycles. The molecular weight excluding hydrogens is 416 g/mol. The highest BCUT2D eigenvalue weighted by Crippen LogP contribution is 2.59. The predicted octanol–water partition coefficient (Wildman–Crippen LogP) is 2.62. The van der Waals surface area contributed by atoms with Gasteiger partial charge in [-0.25, -0.2) is 0 Å². The van der Waals surface area contributed by atoms with Gasteiger partial charge in [0.25, 0.3) is 0 Å². The number of aromatic hydroxyl groups is 1. The predicted molar refractivity (Wildman–Crippen MR) is 125 cm³/mol. The van der Waals surface area contributed by atoms with Crippen LogP contribution in [0.3, 0.4) is 0 Å². The van der Waals surface area contributed by atoms with Crippen molar-refractivity contribution in [3.05, 3.63) is 29.3 Å². The van der Waals surface area contributed by atoms with Crippen LogP contribution in [0.25, 0.3) is 0 Å². The number of aliphatic hydroxyl groups excluding tert-OH is 1. The molecule has 0 aromatic heterocycles. The molecule has 1 saturated heterocycles. The molecule has 4 fully saturated rings. The number of hydrogen-bond donors (Lipinski definition) is 4. The van der Waals surface area contributed by atoms with E-state index < -0.39 is 23.2 Å². The van der Waals surface area contributed by atoms with Crippen molar-refractivity contribution < 1.29 is 20.1 Å². The van der Waals surface area contributed by atoms with Gasteiger partial charge in [0.15, 0.2) is 0 Å². The lowest BCUT2D eigenvalue weighted by molar-refractivity contribution is -0.190. The highest BCUT2D eigenvalue weighted by Gasteiger charge is 2.66. The Hall–Kier alpha value is -1.63. The van der Waals surface area contributed by atoms with Crippen molar-refractivity contribution in [2.45, 2.75) is 99.8 Å². The minimum Gasteiger partial charge on any atom is -0.508 e. The number of phenols is 1. The normalized spacial score (nSPS) is 38.9. The van der Waals surface area contributed by atoms with Gasteiger partial charge >= 0.3 is 0 Å². The Kier molecular flexibility index (Phi) is 5.28. The Labute approximate surface area is 196 Å².